The van der Waals surface area contributed by atoms with Crippen molar-refractivity contribution in [1.29, 1.82) is 0 Å². The van der Waals surface area contributed by atoms with Gasteiger partial charge < -0.3 is 4.90 Å². The van der Waals surface area contributed by atoms with Crippen LogP contribution >= 0.6 is 0 Å². The Kier molecular flexibility index (Phi) is 4.28. The molecule has 1 aromatic carbocycles. The molecule has 3 aromatic rings. The van der Waals surface area contributed by atoms with E-state index in [-0.39, 0.29) is 11.9 Å². The minimum Gasteiger partial charge on any atom is -0.333 e. The highest BCUT2D eigenvalue weighted by Gasteiger charge is 2.33. The van der Waals surface area contributed by atoms with Crippen molar-refractivity contribution in [2.24, 2.45) is 0 Å². The van der Waals surface area contributed by atoms with Crippen LogP contribution in [0.15, 0.2) is 42.7 Å². The number of hydrogen-bond acceptors (Lipinski definition) is 4. The molecular weight excluding hydrogens is 328 g/mol. The van der Waals surface area contributed by atoms with Crippen molar-refractivity contribution < 1.29 is 4.79 Å². The maximum absolute atomic E-state index is 12.9. The molecule has 7 heteroatoms. The number of fused-ring (bicyclic) bond motifs is 1. The summed E-state index contributed by atoms with van der Waals surface area (Å²) in [7, 11) is 0. The molecule has 0 unspecified atom stereocenters. The van der Waals surface area contributed by atoms with E-state index in [1.54, 1.807) is 6.20 Å². The van der Waals surface area contributed by atoms with Gasteiger partial charge in [-0.2, -0.15) is 5.10 Å². The van der Waals surface area contributed by atoms with Gasteiger partial charge in [0.1, 0.15) is 6.04 Å². The molecule has 134 valence electrons. The third kappa shape index (κ3) is 2.89. The van der Waals surface area contributed by atoms with Crippen LogP contribution < -0.4 is 0 Å². The summed E-state index contributed by atoms with van der Waals surface area (Å²) in [6, 6.07) is 9.91. The van der Waals surface area contributed by atoms with Crippen LogP contribution in [0.4, 0.5) is 0 Å². The van der Waals surface area contributed by atoms with Gasteiger partial charge in [0.15, 0.2) is 11.6 Å². The van der Waals surface area contributed by atoms with Crippen molar-refractivity contribution in [3.05, 3.63) is 54.1 Å². The lowest BCUT2D eigenvalue weighted by Gasteiger charge is -2.32. The fourth-order valence-electron chi connectivity index (χ4n) is 3.41. The molecule has 0 spiro atoms. The molecule has 1 aliphatic heterocycles. The largest absolute Gasteiger partial charge is 0.333 e. The van der Waals surface area contributed by atoms with Crippen LogP contribution in [0.5, 0.6) is 0 Å². The Labute approximate surface area is 152 Å². The molecule has 0 aliphatic carbocycles. The van der Waals surface area contributed by atoms with E-state index in [1.165, 1.54) is 5.56 Å². The Morgan fingerprint density at radius 1 is 1.19 bits per heavy atom. The molecule has 26 heavy (non-hydrogen) atoms. The average molecular weight is 350 g/mol. The van der Waals surface area contributed by atoms with E-state index in [0.29, 0.717) is 18.9 Å². The summed E-state index contributed by atoms with van der Waals surface area (Å²) in [6.07, 6.45) is 4.56. The second-order valence-electron chi connectivity index (χ2n) is 6.57. The zero-order chi connectivity index (χ0) is 18.1. The first-order valence-corrected chi connectivity index (χ1v) is 8.96. The number of aromatic nitrogens is 5. The molecule has 1 amide bonds. The van der Waals surface area contributed by atoms with Crippen LogP contribution in [0.3, 0.4) is 0 Å². The van der Waals surface area contributed by atoms with E-state index in [1.807, 2.05) is 52.4 Å². The summed E-state index contributed by atoms with van der Waals surface area (Å²) in [4.78, 5) is 14.8. The van der Waals surface area contributed by atoms with Gasteiger partial charge in [-0.3, -0.25) is 14.0 Å². The van der Waals surface area contributed by atoms with E-state index in [2.05, 4.69) is 27.4 Å². The van der Waals surface area contributed by atoms with Crippen LogP contribution in [0, 0.1) is 0 Å². The molecule has 1 aliphatic rings. The summed E-state index contributed by atoms with van der Waals surface area (Å²) in [6.45, 7) is 5.92. The number of nitrogens with zero attached hydrogens (tertiary/aromatic N) is 6. The first-order chi connectivity index (χ1) is 12.7. The molecule has 7 nitrogen and oxygen atoms in total. The summed E-state index contributed by atoms with van der Waals surface area (Å²) in [5.41, 5.74) is 2.12. The number of amides is 1. The zero-order valence-electron chi connectivity index (χ0n) is 15.0. The number of aryl methyl sites for hydroxylation is 1. The second-order valence-corrected chi connectivity index (χ2v) is 6.57. The minimum absolute atomic E-state index is 0.109. The number of carbonyl (C=O) groups excluding carboxylic acids is 1. The molecule has 3 heterocycles. The molecule has 0 N–H and O–H groups in total. The van der Waals surface area contributed by atoms with Crippen molar-refractivity contribution in [1.82, 2.24) is 29.4 Å². The fourth-order valence-corrected chi connectivity index (χ4v) is 3.41. The quantitative estimate of drug-likeness (QED) is 0.708. The maximum Gasteiger partial charge on any atom is 0.245 e. The third-order valence-electron chi connectivity index (χ3n) is 4.88. The van der Waals surface area contributed by atoms with Crippen molar-refractivity contribution in [3.63, 3.8) is 0 Å². The highest BCUT2D eigenvalue weighted by atomic mass is 16.2. The predicted molar refractivity (Wildman–Crippen MR) is 97.2 cm³/mol. The Hall–Kier alpha value is -2.96. The minimum atomic E-state index is -0.315. The lowest BCUT2D eigenvalue weighted by Crippen LogP contribution is -2.42. The molecule has 4 rings (SSSR count). The highest BCUT2D eigenvalue weighted by Crippen LogP contribution is 2.28. The first kappa shape index (κ1) is 16.5. The lowest BCUT2D eigenvalue weighted by molar-refractivity contribution is -0.136. The van der Waals surface area contributed by atoms with Crippen molar-refractivity contribution in [2.75, 3.05) is 6.54 Å². The first-order valence-electron chi connectivity index (χ1n) is 8.96. The monoisotopic (exact) mass is 350 g/mol. The molecule has 0 radical (unpaired) electrons. The Morgan fingerprint density at radius 3 is 2.73 bits per heavy atom. The van der Waals surface area contributed by atoms with Gasteiger partial charge in [0.25, 0.3) is 0 Å². The van der Waals surface area contributed by atoms with E-state index in [4.69, 9.17) is 0 Å². The van der Waals surface area contributed by atoms with Crippen molar-refractivity contribution in [2.45, 2.75) is 39.4 Å². The maximum atomic E-state index is 12.9. The standard InChI is InChI=1S/C19H22N6O/c1-3-24-12-16(11-20-24)18-22-21-17-13-23(19(26)14(2)25(17)18)10-9-15-7-5-4-6-8-15/h4-8,11-12,14H,3,9-10,13H2,1-2H3/t14-/m1/s1. The highest BCUT2D eigenvalue weighted by molar-refractivity contribution is 5.82. The van der Waals surface area contributed by atoms with Gasteiger partial charge in [-0.25, -0.2) is 0 Å². The van der Waals surface area contributed by atoms with Crippen LogP contribution in [-0.2, 0) is 24.3 Å². The van der Waals surface area contributed by atoms with E-state index in [9.17, 15) is 4.79 Å². The normalized spacial score (nSPS) is 16.8. The van der Waals surface area contributed by atoms with Gasteiger partial charge in [-0.1, -0.05) is 30.3 Å². The fraction of sp³-hybridized carbons (Fsp3) is 0.368. The number of benzene rings is 1. The van der Waals surface area contributed by atoms with Crippen LogP contribution in [0.1, 0.15) is 31.3 Å². The van der Waals surface area contributed by atoms with Gasteiger partial charge in [-0.15, -0.1) is 10.2 Å². The molecule has 0 bridgehead atoms. The van der Waals surface area contributed by atoms with E-state index < -0.39 is 0 Å². The SMILES string of the molecule is CCn1cc(-c2nnc3n2[C@H](C)C(=O)N(CCc2ccccc2)C3)cn1. The van der Waals surface area contributed by atoms with Gasteiger partial charge >= 0.3 is 0 Å². The summed E-state index contributed by atoms with van der Waals surface area (Å²) >= 11 is 0. The second kappa shape index (κ2) is 6.74. The molecule has 2 aromatic heterocycles. The lowest BCUT2D eigenvalue weighted by atomic mass is 10.1. The van der Waals surface area contributed by atoms with E-state index >= 15 is 0 Å². The summed E-state index contributed by atoms with van der Waals surface area (Å²) < 4.78 is 3.79. The predicted octanol–water partition coefficient (Wildman–Crippen LogP) is 2.31. The van der Waals surface area contributed by atoms with Crippen molar-refractivity contribution >= 4 is 5.91 Å². The molecule has 0 fully saturated rings. The number of carbonyl (C=O) groups is 1. The summed E-state index contributed by atoms with van der Waals surface area (Å²) in [5.74, 6) is 1.64. The Bertz CT molecular complexity index is 913. The average Bonchev–Trinajstić information content (AvgIpc) is 3.31. The topological polar surface area (TPSA) is 68.8 Å². The smallest absolute Gasteiger partial charge is 0.245 e. The van der Waals surface area contributed by atoms with Crippen LogP contribution in [-0.4, -0.2) is 41.9 Å². The number of hydrogen-bond donors (Lipinski definition) is 0. The van der Waals surface area contributed by atoms with Gasteiger partial charge in [0.2, 0.25) is 5.91 Å². The zero-order valence-corrected chi connectivity index (χ0v) is 15.0. The van der Waals surface area contributed by atoms with Gasteiger partial charge in [-0.05, 0) is 25.8 Å². The van der Waals surface area contributed by atoms with Gasteiger partial charge in [0.05, 0.1) is 18.3 Å². The Morgan fingerprint density at radius 2 is 2.00 bits per heavy atom. The van der Waals surface area contributed by atoms with Crippen molar-refractivity contribution in [3.8, 4) is 11.4 Å². The molecule has 1 atom stereocenters. The molecule has 0 saturated heterocycles. The molecular formula is C19H22N6O. The van der Waals surface area contributed by atoms with Gasteiger partial charge in [0, 0.05) is 19.3 Å². The summed E-state index contributed by atoms with van der Waals surface area (Å²) in [5, 5.41) is 13.0. The molecule has 0 saturated carbocycles. The van der Waals surface area contributed by atoms with Crippen LogP contribution in [0.25, 0.3) is 11.4 Å². The van der Waals surface area contributed by atoms with E-state index in [0.717, 1.165) is 24.4 Å². The third-order valence-corrected chi connectivity index (χ3v) is 4.88. The number of rotatable bonds is 5. The van der Waals surface area contributed by atoms with Crippen LogP contribution in [0.2, 0.25) is 0 Å². The Balaban J connectivity index is 1.56.